The number of carbonyl (C=O) groups is 1. The van der Waals surface area contributed by atoms with Crippen molar-refractivity contribution in [3.63, 3.8) is 0 Å². The van der Waals surface area contributed by atoms with Gasteiger partial charge in [-0.15, -0.1) is 0 Å². The van der Waals surface area contributed by atoms with E-state index in [1.54, 1.807) is 6.20 Å². The van der Waals surface area contributed by atoms with Crippen molar-refractivity contribution in [3.8, 4) is 0 Å². The minimum atomic E-state index is 0.228. The zero-order valence-corrected chi connectivity index (χ0v) is 9.18. The number of amides is 1. The van der Waals surface area contributed by atoms with E-state index in [0.717, 1.165) is 12.0 Å². The Kier molecular flexibility index (Phi) is 2.71. The number of pyridine rings is 1. The van der Waals surface area contributed by atoms with Crippen LogP contribution in [0.1, 0.15) is 38.3 Å². The normalized spacial score (nSPS) is 21.4. The lowest BCUT2D eigenvalue weighted by atomic mass is 10.1. The third-order valence-corrected chi connectivity index (χ3v) is 2.88. The van der Waals surface area contributed by atoms with Crippen LogP contribution in [-0.4, -0.2) is 21.8 Å². The summed E-state index contributed by atoms with van der Waals surface area (Å²) in [4.78, 5) is 17.8. The molecule has 0 bridgehead atoms. The van der Waals surface area contributed by atoms with E-state index in [9.17, 15) is 4.79 Å². The van der Waals surface area contributed by atoms with Gasteiger partial charge in [0.2, 0.25) is 5.91 Å². The molecule has 0 aromatic carbocycles. The Morgan fingerprint density at radius 2 is 2.33 bits per heavy atom. The second-order valence-electron chi connectivity index (χ2n) is 4.24. The molecule has 1 aromatic heterocycles. The lowest BCUT2D eigenvalue weighted by Gasteiger charge is -2.28. The highest BCUT2D eigenvalue weighted by molar-refractivity contribution is 5.79. The summed E-state index contributed by atoms with van der Waals surface area (Å²) in [6.45, 7) is 4.12. The molecule has 1 aliphatic rings. The average Bonchev–Trinajstić information content (AvgIpc) is 2.61. The summed E-state index contributed by atoms with van der Waals surface area (Å²) in [5.41, 5.74) is 1.15. The lowest BCUT2D eigenvalue weighted by molar-refractivity contribution is -0.130. The predicted molar refractivity (Wildman–Crippen MR) is 58.2 cm³/mol. The van der Waals surface area contributed by atoms with Crippen molar-refractivity contribution in [2.75, 3.05) is 0 Å². The molecule has 0 radical (unpaired) electrons. The number of hydrogen-bond acceptors (Lipinski definition) is 2. The van der Waals surface area contributed by atoms with Crippen LogP contribution in [0, 0.1) is 0 Å². The van der Waals surface area contributed by atoms with Crippen molar-refractivity contribution in [2.24, 2.45) is 0 Å². The summed E-state index contributed by atoms with van der Waals surface area (Å²) >= 11 is 0. The Labute approximate surface area is 90.1 Å². The standard InChI is InChI=1S/C12H16N2O/c1-9(2)14-11(5-6-12(14)15)10-4-3-7-13-8-10/h3-4,7-9,11H,5-6H2,1-2H3. The molecular formula is C12H16N2O. The molecule has 3 heteroatoms. The Morgan fingerprint density at radius 3 is 2.93 bits per heavy atom. The second-order valence-corrected chi connectivity index (χ2v) is 4.24. The third kappa shape index (κ3) is 1.87. The zero-order chi connectivity index (χ0) is 10.8. The van der Waals surface area contributed by atoms with E-state index >= 15 is 0 Å². The molecular weight excluding hydrogens is 188 g/mol. The van der Waals surface area contributed by atoms with E-state index in [2.05, 4.69) is 18.8 Å². The van der Waals surface area contributed by atoms with Crippen molar-refractivity contribution < 1.29 is 4.79 Å². The minimum absolute atomic E-state index is 0.228. The van der Waals surface area contributed by atoms with Gasteiger partial charge in [-0.2, -0.15) is 0 Å². The number of hydrogen-bond donors (Lipinski definition) is 0. The Bertz CT molecular complexity index is 348. The van der Waals surface area contributed by atoms with Crippen LogP contribution in [0.15, 0.2) is 24.5 Å². The van der Waals surface area contributed by atoms with Crippen molar-refractivity contribution >= 4 is 5.91 Å². The van der Waals surface area contributed by atoms with E-state index in [0.29, 0.717) is 6.42 Å². The van der Waals surface area contributed by atoms with E-state index in [1.807, 2.05) is 23.2 Å². The lowest BCUT2D eigenvalue weighted by Crippen LogP contribution is -2.34. The van der Waals surface area contributed by atoms with Gasteiger partial charge in [-0.05, 0) is 31.9 Å². The van der Waals surface area contributed by atoms with Gasteiger partial charge in [0.25, 0.3) is 0 Å². The molecule has 3 nitrogen and oxygen atoms in total. The fourth-order valence-electron chi connectivity index (χ4n) is 2.25. The van der Waals surface area contributed by atoms with Gasteiger partial charge in [0.15, 0.2) is 0 Å². The van der Waals surface area contributed by atoms with Gasteiger partial charge in [-0.3, -0.25) is 9.78 Å². The third-order valence-electron chi connectivity index (χ3n) is 2.88. The van der Waals surface area contributed by atoms with Crippen molar-refractivity contribution in [1.29, 1.82) is 0 Å². The van der Waals surface area contributed by atoms with Gasteiger partial charge >= 0.3 is 0 Å². The van der Waals surface area contributed by atoms with E-state index in [1.165, 1.54) is 0 Å². The molecule has 80 valence electrons. The molecule has 0 aliphatic carbocycles. The molecule has 0 saturated carbocycles. The smallest absolute Gasteiger partial charge is 0.223 e. The summed E-state index contributed by atoms with van der Waals surface area (Å²) in [5, 5.41) is 0. The second kappa shape index (κ2) is 4.01. The summed E-state index contributed by atoms with van der Waals surface area (Å²) in [6, 6.07) is 4.47. The topological polar surface area (TPSA) is 33.2 Å². The highest BCUT2D eigenvalue weighted by Crippen LogP contribution is 2.33. The van der Waals surface area contributed by atoms with Crippen molar-refractivity contribution in [2.45, 2.75) is 38.8 Å². The Hall–Kier alpha value is -1.38. The Balaban J connectivity index is 2.26. The van der Waals surface area contributed by atoms with Gasteiger partial charge in [-0.1, -0.05) is 6.07 Å². The van der Waals surface area contributed by atoms with Gasteiger partial charge in [-0.25, -0.2) is 0 Å². The molecule has 1 saturated heterocycles. The van der Waals surface area contributed by atoms with Crippen LogP contribution in [0.2, 0.25) is 0 Å². The summed E-state index contributed by atoms with van der Waals surface area (Å²) < 4.78 is 0. The van der Waals surface area contributed by atoms with Crippen molar-refractivity contribution in [3.05, 3.63) is 30.1 Å². The maximum absolute atomic E-state index is 11.7. The molecule has 1 aliphatic heterocycles. The summed E-state index contributed by atoms with van der Waals surface area (Å²) in [5.74, 6) is 0.263. The van der Waals surface area contributed by atoms with Crippen LogP contribution in [0.5, 0.6) is 0 Å². The van der Waals surface area contributed by atoms with Crippen LogP contribution in [-0.2, 0) is 4.79 Å². The maximum Gasteiger partial charge on any atom is 0.223 e. The van der Waals surface area contributed by atoms with Gasteiger partial charge in [0.05, 0.1) is 6.04 Å². The first-order valence-electron chi connectivity index (χ1n) is 5.41. The van der Waals surface area contributed by atoms with Gasteiger partial charge < -0.3 is 4.90 Å². The van der Waals surface area contributed by atoms with Crippen LogP contribution >= 0.6 is 0 Å². The monoisotopic (exact) mass is 204 g/mol. The number of aromatic nitrogens is 1. The first-order valence-corrected chi connectivity index (χ1v) is 5.41. The molecule has 1 amide bonds. The molecule has 1 unspecified atom stereocenters. The van der Waals surface area contributed by atoms with Crippen LogP contribution in [0.25, 0.3) is 0 Å². The fraction of sp³-hybridized carbons (Fsp3) is 0.500. The average molecular weight is 204 g/mol. The zero-order valence-electron chi connectivity index (χ0n) is 9.18. The van der Waals surface area contributed by atoms with Gasteiger partial charge in [0, 0.05) is 24.9 Å². The quantitative estimate of drug-likeness (QED) is 0.739. The molecule has 0 N–H and O–H groups in total. The fourth-order valence-corrected chi connectivity index (χ4v) is 2.25. The van der Waals surface area contributed by atoms with Crippen LogP contribution in [0.4, 0.5) is 0 Å². The highest BCUT2D eigenvalue weighted by atomic mass is 16.2. The highest BCUT2D eigenvalue weighted by Gasteiger charge is 2.33. The van der Waals surface area contributed by atoms with Crippen LogP contribution in [0.3, 0.4) is 0 Å². The predicted octanol–water partition coefficient (Wildman–Crippen LogP) is 2.15. The number of nitrogens with zero attached hydrogens (tertiary/aromatic N) is 2. The maximum atomic E-state index is 11.7. The molecule has 0 spiro atoms. The first kappa shape index (κ1) is 10.1. The van der Waals surface area contributed by atoms with E-state index < -0.39 is 0 Å². The number of likely N-dealkylation sites (tertiary alicyclic amines) is 1. The summed E-state index contributed by atoms with van der Waals surface area (Å²) in [7, 11) is 0. The largest absolute Gasteiger partial charge is 0.333 e. The molecule has 1 aromatic rings. The van der Waals surface area contributed by atoms with Gasteiger partial charge in [0.1, 0.15) is 0 Å². The number of rotatable bonds is 2. The number of carbonyl (C=O) groups excluding carboxylic acids is 1. The molecule has 15 heavy (non-hydrogen) atoms. The first-order chi connectivity index (χ1) is 7.20. The SMILES string of the molecule is CC(C)N1C(=O)CCC1c1cccnc1. The minimum Gasteiger partial charge on any atom is -0.333 e. The molecule has 2 heterocycles. The van der Waals surface area contributed by atoms with E-state index in [-0.39, 0.29) is 18.0 Å². The molecule has 2 rings (SSSR count). The Morgan fingerprint density at radius 1 is 1.53 bits per heavy atom. The summed E-state index contributed by atoms with van der Waals surface area (Å²) in [6.07, 6.45) is 5.21. The van der Waals surface area contributed by atoms with Crippen molar-refractivity contribution in [1.82, 2.24) is 9.88 Å². The van der Waals surface area contributed by atoms with Crippen LogP contribution < -0.4 is 0 Å². The molecule has 1 atom stereocenters. The molecule has 1 fully saturated rings. The van der Waals surface area contributed by atoms with E-state index in [4.69, 9.17) is 0 Å².